The number of unbranched alkanes of at least 4 members (excludes halogenated alkanes) is 1. The molecule has 0 spiro atoms. The molecule has 1 fully saturated rings. The lowest BCUT2D eigenvalue weighted by Gasteiger charge is -2.19. The molecule has 0 radical (unpaired) electrons. The lowest BCUT2D eigenvalue weighted by molar-refractivity contribution is -0.159. The third kappa shape index (κ3) is 10.5. The average Bonchev–Trinajstić information content (AvgIpc) is 2.98. The summed E-state index contributed by atoms with van der Waals surface area (Å²) < 4.78 is 11.3. The van der Waals surface area contributed by atoms with Crippen molar-refractivity contribution in [2.45, 2.75) is 45.4 Å². The van der Waals surface area contributed by atoms with Crippen LogP contribution < -0.4 is 9.47 Å². The van der Waals surface area contributed by atoms with Crippen molar-refractivity contribution < 1.29 is 29.3 Å². The summed E-state index contributed by atoms with van der Waals surface area (Å²) in [6, 6.07) is 6.09. The molecule has 7 nitrogen and oxygen atoms in total. The second kappa shape index (κ2) is 14.5. The van der Waals surface area contributed by atoms with Crippen LogP contribution in [0.25, 0.3) is 6.08 Å². The average molecular weight is 408 g/mol. The van der Waals surface area contributed by atoms with E-state index in [9.17, 15) is 0 Å². The molecule has 29 heavy (non-hydrogen) atoms. The molecule has 7 heteroatoms. The molecule has 1 aliphatic heterocycles. The number of rotatable bonds is 8. The summed E-state index contributed by atoms with van der Waals surface area (Å²) in [5, 5.41) is 14.8. The van der Waals surface area contributed by atoms with Gasteiger partial charge in [-0.3, -0.25) is 0 Å². The minimum Gasteiger partial charge on any atom is -0.493 e. The van der Waals surface area contributed by atoms with Gasteiger partial charge in [0.1, 0.15) is 0 Å². The maximum Gasteiger partial charge on any atom is 0.414 e. The van der Waals surface area contributed by atoms with E-state index in [1.165, 1.54) is 51.7 Å². The van der Waals surface area contributed by atoms with Crippen molar-refractivity contribution in [2.75, 3.05) is 33.4 Å². The lowest BCUT2D eigenvalue weighted by Crippen LogP contribution is -2.25. The molecule has 0 aliphatic carbocycles. The standard InChI is InChI=1S/C20H31NO2.C2H2O4/c1-3-10-18-11-12-19(20(17-18)22-2)23-16-9-8-15-21-13-6-4-5-7-14-21;3-1(4)2(5)6/h3,10-12,17H,4-9,13-16H2,1-2H3;(H,3,4)(H,5,6). The van der Waals surface area contributed by atoms with Crippen molar-refractivity contribution >= 4 is 18.0 Å². The van der Waals surface area contributed by atoms with Gasteiger partial charge in [-0.25, -0.2) is 9.59 Å². The van der Waals surface area contributed by atoms with Crippen LogP contribution in [0.4, 0.5) is 0 Å². The Hall–Kier alpha value is -2.54. The quantitative estimate of drug-likeness (QED) is 0.498. The minimum atomic E-state index is -1.82. The van der Waals surface area contributed by atoms with Gasteiger partial charge in [-0.1, -0.05) is 31.1 Å². The largest absolute Gasteiger partial charge is 0.493 e. The zero-order valence-corrected chi connectivity index (χ0v) is 17.4. The molecule has 162 valence electrons. The van der Waals surface area contributed by atoms with E-state index < -0.39 is 11.9 Å². The maximum absolute atomic E-state index is 9.10. The number of ether oxygens (including phenoxy) is 2. The van der Waals surface area contributed by atoms with Crippen LogP contribution >= 0.6 is 0 Å². The Bertz CT molecular complexity index is 639. The van der Waals surface area contributed by atoms with Gasteiger partial charge >= 0.3 is 11.9 Å². The summed E-state index contributed by atoms with van der Waals surface area (Å²) in [6.45, 7) is 6.54. The second-order valence-corrected chi connectivity index (χ2v) is 6.83. The summed E-state index contributed by atoms with van der Waals surface area (Å²) in [5.41, 5.74) is 1.14. The molecule has 2 rings (SSSR count). The van der Waals surface area contributed by atoms with Crippen molar-refractivity contribution in [2.24, 2.45) is 0 Å². The fourth-order valence-corrected chi connectivity index (χ4v) is 3.08. The van der Waals surface area contributed by atoms with Crippen molar-refractivity contribution in [3.05, 3.63) is 29.8 Å². The highest BCUT2D eigenvalue weighted by molar-refractivity contribution is 6.27. The van der Waals surface area contributed by atoms with Crippen LogP contribution in [0, 0.1) is 0 Å². The number of carboxylic acids is 2. The van der Waals surface area contributed by atoms with Gasteiger partial charge < -0.3 is 24.6 Å². The molecule has 0 saturated carbocycles. The minimum absolute atomic E-state index is 0.757. The van der Waals surface area contributed by atoms with Crippen LogP contribution in [0.2, 0.25) is 0 Å². The van der Waals surface area contributed by atoms with E-state index in [2.05, 4.69) is 17.0 Å². The molecule has 1 heterocycles. The monoisotopic (exact) mass is 407 g/mol. The number of benzene rings is 1. The molecule has 0 amide bonds. The molecule has 1 aromatic rings. The molecule has 1 aromatic carbocycles. The Kier molecular flexibility index (Phi) is 12.2. The van der Waals surface area contributed by atoms with E-state index in [1.54, 1.807) is 7.11 Å². The SMILES string of the molecule is CC=Cc1ccc(OCCCCN2CCCCCC2)c(OC)c1.O=C(O)C(=O)O. The molecule has 0 bridgehead atoms. The number of allylic oxidation sites excluding steroid dienone is 1. The number of nitrogens with zero attached hydrogens (tertiary/aromatic N) is 1. The topological polar surface area (TPSA) is 96.3 Å². The van der Waals surface area contributed by atoms with Gasteiger partial charge in [0.2, 0.25) is 0 Å². The number of hydrogen-bond donors (Lipinski definition) is 2. The van der Waals surface area contributed by atoms with Gasteiger partial charge in [-0.15, -0.1) is 0 Å². The maximum atomic E-state index is 9.10. The Morgan fingerprint density at radius 1 is 1.03 bits per heavy atom. The van der Waals surface area contributed by atoms with E-state index >= 15 is 0 Å². The predicted molar refractivity (Wildman–Crippen MR) is 113 cm³/mol. The first-order chi connectivity index (χ1) is 14.0. The van der Waals surface area contributed by atoms with Crippen molar-refractivity contribution in [3.8, 4) is 11.5 Å². The van der Waals surface area contributed by atoms with Crippen LogP contribution in [0.15, 0.2) is 24.3 Å². The molecule has 1 aliphatic rings. The van der Waals surface area contributed by atoms with Gasteiger partial charge in [0.05, 0.1) is 13.7 Å². The van der Waals surface area contributed by atoms with Gasteiger partial charge in [-0.2, -0.15) is 0 Å². The molecular formula is C22H33NO6. The van der Waals surface area contributed by atoms with E-state index in [1.807, 2.05) is 25.1 Å². The number of carboxylic acid groups (broad SMARTS) is 2. The van der Waals surface area contributed by atoms with Crippen LogP contribution in [-0.2, 0) is 9.59 Å². The normalized spacial score (nSPS) is 14.6. The second-order valence-electron chi connectivity index (χ2n) is 6.83. The molecule has 1 saturated heterocycles. The Morgan fingerprint density at radius 3 is 2.24 bits per heavy atom. The number of likely N-dealkylation sites (tertiary alicyclic amines) is 1. The fourth-order valence-electron chi connectivity index (χ4n) is 3.08. The highest BCUT2D eigenvalue weighted by atomic mass is 16.5. The summed E-state index contributed by atoms with van der Waals surface area (Å²) >= 11 is 0. The number of hydrogen-bond acceptors (Lipinski definition) is 5. The first-order valence-corrected chi connectivity index (χ1v) is 10.1. The van der Waals surface area contributed by atoms with E-state index in [-0.39, 0.29) is 0 Å². The number of methoxy groups -OCH3 is 1. The Labute approximate surface area is 172 Å². The summed E-state index contributed by atoms with van der Waals surface area (Å²) in [4.78, 5) is 20.8. The first kappa shape index (κ1) is 24.5. The van der Waals surface area contributed by atoms with Gasteiger partial charge in [0.25, 0.3) is 0 Å². The summed E-state index contributed by atoms with van der Waals surface area (Å²) in [5.74, 6) is -1.99. The van der Waals surface area contributed by atoms with Crippen LogP contribution in [0.5, 0.6) is 11.5 Å². The number of aliphatic carboxylic acids is 2. The predicted octanol–water partition coefficient (Wildman–Crippen LogP) is 3.92. The van der Waals surface area contributed by atoms with Crippen LogP contribution in [0.3, 0.4) is 0 Å². The highest BCUT2D eigenvalue weighted by Crippen LogP contribution is 2.28. The van der Waals surface area contributed by atoms with E-state index in [0.29, 0.717) is 0 Å². The van der Waals surface area contributed by atoms with E-state index in [0.717, 1.165) is 30.1 Å². The summed E-state index contributed by atoms with van der Waals surface area (Å²) in [6.07, 6.45) is 11.9. The third-order valence-corrected chi connectivity index (χ3v) is 4.55. The highest BCUT2D eigenvalue weighted by Gasteiger charge is 2.09. The summed E-state index contributed by atoms with van der Waals surface area (Å²) in [7, 11) is 1.70. The smallest absolute Gasteiger partial charge is 0.414 e. The zero-order chi connectivity index (χ0) is 21.5. The molecule has 2 N–H and O–H groups in total. The molecule has 0 aromatic heterocycles. The van der Waals surface area contributed by atoms with Crippen molar-refractivity contribution in [3.63, 3.8) is 0 Å². The van der Waals surface area contributed by atoms with Gasteiger partial charge in [-0.05, 0) is 69.9 Å². The van der Waals surface area contributed by atoms with Gasteiger partial charge in [0, 0.05) is 0 Å². The van der Waals surface area contributed by atoms with Crippen LogP contribution in [-0.4, -0.2) is 60.4 Å². The zero-order valence-electron chi connectivity index (χ0n) is 17.4. The van der Waals surface area contributed by atoms with Gasteiger partial charge in [0.15, 0.2) is 11.5 Å². The number of carbonyl (C=O) groups is 2. The lowest BCUT2D eigenvalue weighted by atomic mass is 10.2. The van der Waals surface area contributed by atoms with Crippen molar-refractivity contribution in [1.82, 2.24) is 4.90 Å². The first-order valence-electron chi connectivity index (χ1n) is 10.1. The molecule has 0 unspecified atom stereocenters. The molecular weight excluding hydrogens is 374 g/mol. The third-order valence-electron chi connectivity index (χ3n) is 4.55. The van der Waals surface area contributed by atoms with Crippen molar-refractivity contribution in [1.29, 1.82) is 0 Å². The van der Waals surface area contributed by atoms with Crippen LogP contribution in [0.1, 0.15) is 51.0 Å². The molecule has 0 atom stereocenters. The van der Waals surface area contributed by atoms with E-state index in [4.69, 9.17) is 29.3 Å². The fraction of sp³-hybridized carbons (Fsp3) is 0.545. The Balaban J connectivity index is 0.000000612. The Morgan fingerprint density at radius 2 is 1.69 bits per heavy atom.